The van der Waals surface area contributed by atoms with Crippen LogP contribution in [0.1, 0.15) is 12.5 Å². The molecular weight excluding hydrogens is 529 g/mol. The van der Waals surface area contributed by atoms with E-state index in [1.807, 2.05) is 29.1 Å². The lowest BCUT2D eigenvalue weighted by atomic mass is 10.1. The first-order valence-electron chi connectivity index (χ1n) is 13.7. The molecule has 2 aliphatic heterocycles. The average Bonchev–Trinajstić information content (AvgIpc) is 3.75. The molecular formula is C28H34FN9O3. The fourth-order valence-electron chi connectivity index (χ4n) is 5.39. The van der Waals surface area contributed by atoms with Gasteiger partial charge < -0.3 is 30.0 Å². The maximum Gasteiger partial charge on any atom is 0.244 e. The van der Waals surface area contributed by atoms with Gasteiger partial charge in [0.2, 0.25) is 11.9 Å². The molecule has 1 amide bonds. The fourth-order valence-corrected chi connectivity index (χ4v) is 5.39. The van der Waals surface area contributed by atoms with E-state index in [-0.39, 0.29) is 30.2 Å². The molecule has 13 heteroatoms. The third-order valence-corrected chi connectivity index (χ3v) is 7.72. The van der Waals surface area contributed by atoms with E-state index in [0.29, 0.717) is 29.1 Å². The van der Waals surface area contributed by atoms with Crippen molar-refractivity contribution in [3.05, 3.63) is 48.8 Å². The number of anilines is 3. The van der Waals surface area contributed by atoms with Gasteiger partial charge in [0.25, 0.3) is 0 Å². The third-order valence-electron chi connectivity index (χ3n) is 7.72. The number of aromatic amines is 1. The van der Waals surface area contributed by atoms with Crippen molar-refractivity contribution in [2.24, 2.45) is 0 Å². The summed E-state index contributed by atoms with van der Waals surface area (Å²) in [4.78, 5) is 29.6. The molecule has 0 aliphatic carbocycles. The molecule has 2 fully saturated rings. The first kappa shape index (κ1) is 27.3. The summed E-state index contributed by atoms with van der Waals surface area (Å²) in [6.07, 6.45) is 7.30. The average molecular weight is 564 g/mol. The van der Waals surface area contributed by atoms with Crippen LogP contribution in [0.15, 0.2) is 43.0 Å². The molecule has 4 aromatic rings. The topological polar surface area (TPSA) is 125 Å². The van der Waals surface area contributed by atoms with E-state index in [1.165, 1.54) is 0 Å². The summed E-state index contributed by atoms with van der Waals surface area (Å²) in [7, 11) is 3.68. The van der Waals surface area contributed by atoms with Crippen LogP contribution in [0.25, 0.3) is 22.2 Å². The van der Waals surface area contributed by atoms with E-state index in [9.17, 15) is 4.79 Å². The highest BCUT2D eigenvalue weighted by Crippen LogP contribution is 2.33. The number of nitrogens with one attached hydrogen (secondary N) is 3. The molecule has 2 unspecified atom stereocenters. The summed E-state index contributed by atoms with van der Waals surface area (Å²) in [6.45, 7) is 4.99. The van der Waals surface area contributed by atoms with Crippen LogP contribution in [-0.2, 0) is 14.3 Å². The Morgan fingerprint density at radius 3 is 2.90 bits per heavy atom. The molecule has 12 nitrogen and oxygen atoms in total. The number of halogens is 1. The lowest BCUT2D eigenvalue weighted by Crippen LogP contribution is -2.54. The zero-order valence-corrected chi connectivity index (χ0v) is 23.1. The number of carbonyl (C=O) groups excluding carboxylic acids is 1. The Bertz CT molecular complexity index is 1510. The van der Waals surface area contributed by atoms with Crippen molar-refractivity contribution in [3.8, 4) is 11.3 Å². The zero-order valence-electron chi connectivity index (χ0n) is 23.1. The molecule has 6 rings (SSSR count). The summed E-state index contributed by atoms with van der Waals surface area (Å²) < 4.78 is 27.7. The van der Waals surface area contributed by atoms with Gasteiger partial charge in [-0.05, 0) is 19.5 Å². The van der Waals surface area contributed by atoms with Crippen LogP contribution >= 0.6 is 0 Å². The minimum atomic E-state index is -0.556. The quantitative estimate of drug-likeness (QED) is 0.282. The number of hydrogen-bond acceptors (Lipinski definition) is 9. The third kappa shape index (κ3) is 5.79. The van der Waals surface area contributed by atoms with Gasteiger partial charge in [-0.1, -0.05) is 12.1 Å². The number of benzene rings is 1. The second-order valence-corrected chi connectivity index (χ2v) is 10.5. The van der Waals surface area contributed by atoms with Crippen LogP contribution in [0.2, 0.25) is 0 Å². The molecule has 1 aromatic carbocycles. The first-order chi connectivity index (χ1) is 20.0. The van der Waals surface area contributed by atoms with Crippen molar-refractivity contribution in [2.75, 3.05) is 70.8 Å². The Morgan fingerprint density at radius 2 is 2.12 bits per heavy atom. The standard InChI is InChI=1S/C28H34FN9O3/c1-36-7-9-37(10-8-36)24(17-40-2)27(39)34-23-5-3-4-20-21(13-30-26(20)23)25-22(29)14-31-28(35-25)33-18-12-32-38(15-18)19-6-11-41-16-19/h3-5,12-15,19,24,30H,6-11,16-17H2,1-2H3,(H,34,39)(H,31,33,35). The van der Waals surface area contributed by atoms with Crippen molar-refractivity contribution in [2.45, 2.75) is 18.5 Å². The van der Waals surface area contributed by atoms with E-state index in [0.717, 1.165) is 50.8 Å². The second kappa shape index (κ2) is 11.9. The van der Waals surface area contributed by atoms with E-state index in [4.69, 9.17) is 9.47 Å². The van der Waals surface area contributed by atoms with Crippen LogP contribution in [0.5, 0.6) is 0 Å². The van der Waals surface area contributed by atoms with Gasteiger partial charge in [0, 0.05) is 63.2 Å². The highest BCUT2D eigenvalue weighted by atomic mass is 19.1. The van der Waals surface area contributed by atoms with E-state index in [2.05, 4.69) is 47.5 Å². The molecule has 2 aliphatic rings. The van der Waals surface area contributed by atoms with Gasteiger partial charge in [-0.15, -0.1) is 0 Å². The minimum absolute atomic E-state index is 0.142. The number of piperazine rings is 1. The molecule has 0 saturated carbocycles. The Hall–Kier alpha value is -3.91. The van der Waals surface area contributed by atoms with Crippen molar-refractivity contribution in [3.63, 3.8) is 0 Å². The summed E-state index contributed by atoms with van der Waals surface area (Å²) in [5.41, 5.74) is 2.68. The molecule has 216 valence electrons. The van der Waals surface area contributed by atoms with Crippen molar-refractivity contribution < 1.29 is 18.7 Å². The summed E-state index contributed by atoms with van der Waals surface area (Å²) in [5, 5.41) is 11.3. The highest BCUT2D eigenvalue weighted by Gasteiger charge is 2.29. The number of methoxy groups -OCH3 is 1. The second-order valence-electron chi connectivity index (χ2n) is 10.5. The number of nitrogens with zero attached hydrogens (tertiary/aromatic N) is 6. The number of para-hydroxylation sites is 1. The predicted octanol–water partition coefficient (Wildman–Crippen LogP) is 2.87. The number of carbonyl (C=O) groups is 1. The highest BCUT2D eigenvalue weighted by molar-refractivity contribution is 6.06. The molecule has 3 N–H and O–H groups in total. The van der Waals surface area contributed by atoms with Gasteiger partial charge in [-0.25, -0.2) is 14.4 Å². The van der Waals surface area contributed by atoms with E-state index < -0.39 is 11.9 Å². The molecule has 2 saturated heterocycles. The van der Waals surface area contributed by atoms with Crippen LogP contribution in [0, 0.1) is 5.82 Å². The Morgan fingerprint density at radius 1 is 1.27 bits per heavy atom. The largest absolute Gasteiger partial charge is 0.383 e. The number of ether oxygens (including phenoxy) is 2. The zero-order chi connectivity index (χ0) is 28.3. The predicted molar refractivity (Wildman–Crippen MR) is 153 cm³/mol. The van der Waals surface area contributed by atoms with Crippen LogP contribution in [0.4, 0.5) is 21.7 Å². The lowest BCUT2D eigenvalue weighted by Gasteiger charge is -2.36. The smallest absolute Gasteiger partial charge is 0.244 e. The SMILES string of the molecule is COCC(C(=O)Nc1cccc2c(-c3nc(Nc4cnn(C5CCOC5)c4)ncc3F)c[nH]c12)N1CCN(C)CC1. The molecule has 0 radical (unpaired) electrons. The Labute approximate surface area is 236 Å². The molecule has 0 spiro atoms. The molecule has 5 heterocycles. The lowest BCUT2D eigenvalue weighted by molar-refractivity contribution is -0.124. The Kier molecular flexibility index (Phi) is 7.92. The fraction of sp³-hybridized carbons (Fsp3) is 0.429. The van der Waals surface area contributed by atoms with Gasteiger partial charge in [0.05, 0.1) is 48.5 Å². The van der Waals surface area contributed by atoms with Crippen molar-refractivity contribution >= 4 is 34.1 Å². The normalized spacial score (nSPS) is 19.0. The van der Waals surface area contributed by atoms with Gasteiger partial charge >= 0.3 is 0 Å². The van der Waals surface area contributed by atoms with Gasteiger partial charge in [0.1, 0.15) is 11.7 Å². The maximum atomic E-state index is 15.1. The summed E-state index contributed by atoms with van der Waals surface area (Å²) >= 11 is 0. The Balaban J connectivity index is 1.23. The van der Waals surface area contributed by atoms with Crippen molar-refractivity contribution in [1.29, 1.82) is 0 Å². The number of H-pyrrole nitrogens is 1. The molecule has 41 heavy (non-hydrogen) atoms. The van der Waals surface area contributed by atoms with Crippen LogP contribution < -0.4 is 10.6 Å². The van der Waals surface area contributed by atoms with Gasteiger partial charge in [-0.2, -0.15) is 5.10 Å². The van der Waals surface area contributed by atoms with Crippen LogP contribution in [0.3, 0.4) is 0 Å². The first-order valence-corrected chi connectivity index (χ1v) is 13.7. The maximum absolute atomic E-state index is 15.1. The van der Waals surface area contributed by atoms with E-state index >= 15 is 4.39 Å². The monoisotopic (exact) mass is 563 g/mol. The van der Waals surface area contributed by atoms with Gasteiger partial charge in [-0.3, -0.25) is 14.4 Å². The molecule has 2 atom stereocenters. The van der Waals surface area contributed by atoms with Gasteiger partial charge in [0.15, 0.2) is 5.82 Å². The number of fused-ring (bicyclic) bond motifs is 1. The number of amides is 1. The number of likely N-dealkylation sites (N-methyl/N-ethyl adjacent to an activating group) is 1. The summed E-state index contributed by atoms with van der Waals surface area (Å²) in [6, 6.07) is 5.30. The number of aromatic nitrogens is 5. The van der Waals surface area contributed by atoms with Crippen LogP contribution in [-0.4, -0.2) is 107 Å². The number of hydrogen-bond donors (Lipinski definition) is 3. The number of rotatable bonds is 9. The summed E-state index contributed by atoms with van der Waals surface area (Å²) in [5.74, 6) is -0.457. The van der Waals surface area contributed by atoms with Crippen molar-refractivity contribution in [1.82, 2.24) is 34.5 Å². The minimum Gasteiger partial charge on any atom is -0.383 e. The van der Waals surface area contributed by atoms with E-state index in [1.54, 1.807) is 19.5 Å². The molecule has 0 bridgehead atoms. The molecule has 3 aromatic heterocycles.